The van der Waals surface area contributed by atoms with Crippen LogP contribution >= 0.6 is 0 Å². The lowest BCUT2D eigenvalue weighted by molar-refractivity contribution is 0.0925. The van der Waals surface area contributed by atoms with Crippen molar-refractivity contribution in [1.29, 1.82) is 0 Å². The van der Waals surface area contributed by atoms with Crippen LogP contribution in [0.4, 0.5) is 0 Å². The van der Waals surface area contributed by atoms with Crippen molar-refractivity contribution >= 4 is 5.91 Å². The number of aromatic amines is 1. The highest BCUT2D eigenvalue weighted by Gasteiger charge is 2.28. The highest BCUT2D eigenvalue weighted by atomic mass is 16.2. The van der Waals surface area contributed by atoms with Crippen LogP contribution in [0, 0.1) is 6.92 Å². The molecule has 1 heterocycles. The topological polar surface area (TPSA) is 70.7 Å². The van der Waals surface area contributed by atoms with Crippen molar-refractivity contribution in [2.45, 2.75) is 45.1 Å². The molecule has 110 valence electrons. The van der Waals surface area contributed by atoms with Crippen molar-refractivity contribution in [1.82, 2.24) is 20.5 Å². The number of carbonyl (C=O) groups excluding carboxylic acids is 1. The minimum atomic E-state index is -0.217. The normalized spacial score (nSPS) is 15.7. The minimum absolute atomic E-state index is 0.0130. The van der Waals surface area contributed by atoms with Gasteiger partial charge in [0.15, 0.2) is 0 Å². The zero-order valence-corrected chi connectivity index (χ0v) is 12.4. The molecule has 1 aliphatic carbocycles. The molecule has 0 radical (unpaired) electrons. The molecule has 5 nitrogen and oxygen atoms in total. The third-order valence-electron chi connectivity index (χ3n) is 3.86. The summed E-state index contributed by atoms with van der Waals surface area (Å²) in [6.07, 6.45) is 3.10. The summed E-state index contributed by atoms with van der Waals surface area (Å²) in [4.78, 5) is 16.5. The molecular formula is C16H20N4O. The number of hydrogen-bond acceptors (Lipinski definition) is 3. The minimum Gasteiger partial charge on any atom is -0.342 e. The summed E-state index contributed by atoms with van der Waals surface area (Å²) in [5.74, 6) is 1.33. The second-order valence-corrected chi connectivity index (χ2v) is 5.66. The van der Waals surface area contributed by atoms with E-state index in [1.165, 1.54) is 5.56 Å². The first-order chi connectivity index (χ1) is 10.2. The Morgan fingerprint density at radius 3 is 2.71 bits per heavy atom. The summed E-state index contributed by atoms with van der Waals surface area (Å²) in [6, 6.07) is 8.21. The molecule has 1 amide bonds. The predicted molar refractivity (Wildman–Crippen MR) is 80.0 cm³/mol. The van der Waals surface area contributed by atoms with E-state index in [4.69, 9.17) is 0 Å². The fourth-order valence-electron chi connectivity index (χ4n) is 2.36. The molecule has 1 aromatic carbocycles. The molecule has 21 heavy (non-hydrogen) atoms. The van der Waals surface area contributed by atoms with Crippen LogP contribution in [-0.4, -0.2) is 21.1 Å². The van der Waals surface area contributed by atoms with Gasteiger partial charge in [0.2, 0.25) is 5.82 Å². The van der Waals surface area contributed by atoms with Crippen LogP contribution in [0.2, 0.25) is 0 Å². The van der Waals surface area contributed by atoms with E-state index in [0.29, 0.717) is 5.92 Å². The molecular weight excluding hydrogens is 264 g/mol. The van der Waals surface area contributed by atoms with Gasteiger partial charge in [-0.3, -0.25) is 9.89 Å². The van der Waals surface area contributed by atoms with Crippen molar-refractivity contribution in [2.24, 2.45) is 0 Å². The first-order valence-electron chi connectivity index (χ1n) is 7.47. The lowest BCUT2D eigenvalue weighted by atomic mass is 10.0. The van der Waals surface area contributed by atoms with Crippen LogP contribution in [0.25, 0.3) is 0 Å². The van der Waals surface area contributed by atoms with Crippen molar-refractivity contribution < 1.29 is 4.79 Å². The molecule has 1 aliphatic rings. The van der Waals surface area contributed by atoms with Gasteiger partial charge in [-0.1, -0.05) is 36.8 Å². The number of hydrogen-bond donors (Lipinski definition) is 2. The van der Waals surface area contributed by atoms with Gasteiger partial charge in [-0.2, -0.15) is 0 Å². The molecule has 0 aliphatic heterocycles. The van der Waals surface area contributed by atoms with Gasteiger partial charge in [0.25, 0.3) is 5.91 Å². The molecule has 1 fully saturated rings. The Hall–Kier alpha value is -2.17. The largest absolute Gasteiger partial charge is 0.342 e. The van der Waals surface area contributed by atoms with Gasteiger partial charge < -0.3 is 5.32 Å². The Kier molecular flexibility index (Phi) is 3.73. The molecule has 5 heteroatoms. The third kappa shape index (κ3) is 3.12. The fourth-order valence-corrected chi connectivity index (χ4v) is 2.36. The lowest BCUT2D eigenvalue weighted by Crippen LogP contribution is -2.29. The number of amides is 1. The zero-order valence-electron chi connectivity index (χ0n) is 12.4. The maximum Gasteiger partial charge on any atom is 0.291 e. The van der Waals surface area contributed by atoms with Gasteiger partial charge >= 0.3 is 0 Å². The van der Waals surface area contributed by atoms with Crippen molar-refractivity contribution in [3.05, 3.63) is 47.0 Å². The van der Waals surface area contributed by atoms with Crippen molar-refractivity contribution in [3.63, 3.8) is 0 Å². The maximum absolute atomic E-state index is 12.3. The van der Waals surface area contributed by atoms with E-state index in [2.05, 4.69) is 58.6 Å². The first kappa shape index (κ1) is 13.8. The Balaban J connectivity index is 1.70. The van der Waals surface area contributed by atoms with E-state index < -0.39 is 0 Å². The third-order valence-corrected chi connectivity index (χ3v) is 3.86. The summed E-state index contributed by atoms with van der Waals surface area (Å²) in [6.45, 7) is 4.11. The molecule has 1 atom stereocenters. The summed E-state index contributed by atoms with van der Waals surface area (Å²) in [5, 5.41) is 9.90. The molecule has 1 saturated carbocycles. The monoisotopic (exact) mass is 284 g/mol. The number of rotatable bonds is 5. The molecule has 1 unspecified atom stereocenters. The lowest BCUT2D eigenvalue weighted by Gasteiger charge is -2.16. The first-order valence-corrected chi connectivity index (χ1v) is 7.47. The van der Waals surface area contributed by atoms with Crippen LogP contribution in [0.5, 0.6) is 0 Å². The number of H-pyrrole nitrogens is 1. The van der Waals surface area contributed by atoms with E-state index in [-0.39, 0.29) is 17.8 Å². The average Bonchev–Trinajstić information content (AvgIpc) is 3.23. The van der Waals surface area contributed by atoms with E-state index in [9.17, 15) is 4.79 Å². The second kappa shape index (κ2) is 5.68. The second-order valence-electron chi connectivity index (χ2n) is 5.66. The Bertz CT molecular complexity index is 628. The van der Waals surface area contributed by atoms with Crippen LogP contribution in [0.3, 0.4) is 0 Å². The van der Waals surface area contributed by atoms with E-state index in [0.717, 1.165) is 30.7 Å². The van der Waals surface area contributed by atoms with E-state index >= 15 is 0 Å². The van der Waals surface area contributed by atoms with Gasteiger partial charge in [0, 0.05) is 5.92 Å². The molecule has 0 spiro atoms. The van der Waals surface area contributed by atoms with Gasteiger partial charge in [-0.05, 0) is 31.7 Å². The number of aromatic nitrogens is 3. The zero-order chi connectivity index (χ0) is 14.8. The maximum atomic E-state index is 12.3. The van der Waals surface area contributed by atoms with Crippen molar-refractivity contribution in [3.8, 4) is 0 Å². The fraction of sp³-hybridized carbons (Fsp3) is 0.438. The molecule has 0 saturated heterocycles. The van der Waals surface area contributed by atoms with Gasteiger partial charge in [0.1, 0.15) is 5.82 Å². The number of benzene rings is 1. The molecule has 1 aromatic heterocycles. The van der Waals surface area contributed by atoms with Gasteiger partial charge in [0.05, 0.1) is 6.04 Å². The van der Waals surface area contributed by atoms with Crippen LogP contribution in [0.1, 0.15) is 65.7 Å². The Labute approximate surface area is 124 Å². The van der Waals surface area contributed by atoms with Crippen LogP contribution in [0.15, 0.2) is 24.3 Å². The molecule has 2 N–H and O–H groups in total. The highest BCUT2D eigenvalue weighted by Crippen LogP contribution is 2.37. The van der Waals surface area contributed by atoms with Crippen molar-refractivity contribution in [2.75, 3.05) is 0 Å². The molecule has 3 rings (SSSR count). The summed E-state index contributed by atoms with van der Waals surface area (Å²) < 4.78 is 0. The van der Waals surface area contributed by atoms with Crippen LogP contribution in [-0.2, 0) is 0 Å². The number of aryl methyl sites for hydroxylation is 1. The Morgan fingerprint density at radius 2 is 2.10 bits per heavy atom. The quantitative estimate of drug-likeness (QED) is 0.887. The summed E-state index contributed by atoms with van der Waals surface area (Å²) in [5.41, 5.74) is 2.32. The van der Waals surface area contributed by atoms with Gasteiger partial charge in [-0.25, -0.2) is 4.98 Å². The van der Waals surface area contributed by atoms with Gasteiger partial charge in [-0.15, -0.1) is 5.10 Å². The molecule has 0 bridgehead atoms. The predicted octanol–water partition coefficient (Wildman–Crippen LogP) is 2.87. The van der Waals surface area contributed by atoms with E-state index in [1.807, 2.05) is 0 Å². The molecule has 2 aromatic rings. The van der Waals surface area contributed by atoms with Crippen LogP contribution < -0.4 is 5.32 Å². The summed E-state index contributed by atoms with van der Waals surface area (Å²) in [7, 11) is 0. The standard InChI is InChI=1S/C16H20N4O/c1-3-13(11-6-4-10(2)5-7-11)17-16(21)15-18-14(19-20-15)12-8-9-12/h4-7,12-13H,3,8-9H2,1-2H3,(H,17,21)(H,18,19,20). The number of nitrogens with one attached hydrogen (secondary N) is 2. The Morgan fingerprint density at radius 1 is 1.38 bits per heavy atom. The SMILES string of the molecule is CCC(NC(=O)c1n[nH]c(C2CC2)n1)c1ccc(C)cc1. The highest BCUT2D eigenvalue weighted by molar-refractivity contribution is 5.90. The number of carbonyl (C=O) groups is 1. The summed E-state index contributed by atoms with van der Waals surface area (Å²) >= 11 is 0. The average molecular weight is 284 g/mol. The van der Waals surface area contributed by atoms with E-state index in [1.54, 1.807) is 0 Å². The smallest absolute Gasteiger partial charge is 0.291 e. The number of nitrogens with zero attached hydrogens (tertiary/aromatic N) is 2.